The summed E-state index contributed by atoms with van der Waals surface area (Å²) in [5.41, 5.74) is -1.42. The molecule has 1 heterocycles. The van der Waals surface area contributed by atoms with Crippen LogP contribution in [0.4, 0.5) is 13.2 Å². The number of aliphatic hydroxyl groups is 1. The smallest absolute Gasteiger partial charge is 0.379 e. The maximum atomic E-state index is 12.5. The van der Waals surface area contributed by atoms with Gasteiger partial charge in [0.1, 0.15) is 5.60 Å². The Morgan fingerprint density at radius 2 is 1.53 bits per heavy atom. The van der Waals surface area contributed by atoms with Crippen molar-refractivity contribution in [1.29, 1.82) is 0 Å². The second-order valence-corrected chi connectivity index (χ2v) is 4.36. The average Bonchev–Trinajstić information content (AvgIpc) is 2.39. The second kappa shape index (κ2) is 4.66. The van der Waals surface area contributed by atoms with Crippen molar-refractivity contribution < 1.29 is 18.3 Å². The molecule has 1 N–H and O–H groups in total. The van der Waals surface area contributed by atoms with Crippen LogP contribution in [0, 0.1) is 0 Å². The lowest BCUT2D eigenvalue weighted by atomic mass is 9.91. The summed E-state index contributed by atoms with van der Waals surface area (Å²) in [7, 11) is 0. The van der Waals surface area contributed by atoms with E-state index in [0.717, 1.165) is 12.1 Å². The van der Waals surface area contributed by atoms with Gasteiger partial charge in [-0.05, 0) is 36.8 Å². The molecule has 0 amide bonds. The third-order valence-electron chi connectivity index (χ3n) is 2.94. The van der Waals surface area contributed by atoms with Gasteiger partial charge >= 0.3 is 6.18 Å². The molecule has 0 aliphatic carbocycles. The molecule has 19 heavy (non-hydrogen) atoms. The molecule has 0 spiro atoms. The number of halogens is 3. The molecule has 1 aromatic heterocycles. The van der Waals surface area contributed by atoms with Gasteiger partial charge in [-0.25, -0.2) is 0 Å². The summed E-state index contributed by atoms with van der Waals surface area (Å²) in [6.07, 6.45) is -2.86. The number of benzene rings is 1. The number of hydrogen-bond acceptors (Lipinski definition) is 2. The summed E-state index contributed by atoms with van der Waals surface area (Å²) in [4.78, 5) is 4.03. The van der Waals surface area contributed by atoms with E-state index in [1.165, 1.54) is 25.3 Å². The zero-order valence-corrected chi connectivity index (χ0v) is 10.1. The number of nitrogens with zero attached hydrogens (tertiary/aromatic N) is 1. The van der Waals surface area contributed by atoms with Crippen molar-refractivity contribution in [2.24, 2.45) is 0 Å². The van der Waals surface area contributed by atoms with E-state index in [1.54, 1.807) is 18.2 Å². The van der Waals surface area contributed by atoms with Gasteiger partial charge in [0.05, 0.1) is 11.3 Å². The van der Waals surface area contributed by atoms with Gasteiger partial charge in [0.15, 0.2) is 0 Å². The van der Waals surface area contributed by atoms with E-state index >= 15 is 0 Å². The predicted octanol–water partition coefficient (Wildman–Crippen LogP) is 3.36. The van der Waals surface area contributed by atoms with Crippen molar-refractivity contribution in [1.82, 2.24) is 4.98 Å². The Labute approximate surface area is 108 Å². The largest absolute Gasteiger partial charge is 0.416 e. The molecule has 0 bridgehead atoms. The molecule has 0 aliphatic rings. The number of alkyl halides is 3. The summed E-state index contributed by atoms with van der Waals surface area (Å²) in [6.45, 7) is 1.50. The van der Waals surface area contributed by atoms with Crippen LogP contribution in [0.1, 0.15) is 23.7 Å². The van der Waals surface area contributed by atoms with Crippen molar-refractivity contribution in [2.75, 3.05) is 0 Å². The Morgan fingerprint density at radius 3 is 2.00 bits per heavy atom. The number of pyridine rings is 1. The number of hydrogen-bond donors (Lipinski definition) is 1. The second-order valence-electron chi connectivity index (χ2n) is 4.36. The SMILES string of the molecule is CC(O)(c1ccc(C(F)(F)F)cc1)c1ccccn1. The van der Waals surface area contributed by atoms with Gasteiger partial charge < -0.3 is 5.11 Å². The third-order valence-corrected chi connectivity index (χ3v) is 2.94. The van der Waals surface area contributed by atoms with E-state index in [9.17, 15) is 18.3 Å². The average molecular weight is 267 g/mol. The van der Waals surface area contributed by atoms with Crippen LogP contribution >= 0.6 is 0 Å². The van der Waals surface area contributed by atoms with Gasteiger partial charge in [0, 0.05) is 6.20 Å². The minimum atomic E-state index is -4.38. The molecule has 2 rings (SSSR count). The molecule has 2 nitrogen and oxygen atoms in total. The van der Waals surface area contributed by atoms with E-state index in [-0.39, 0.29) is 0 Å². The minimum absolute atomic E-state index is 0.360. The Balaban J connectivity index is 2.37. The van der Waals surface area contributed by atoms with Crippen LogP contribution in [0.25, 0.3) is 0 Å². The summed E-state index contributed by atoms with van der Waals surface area (Å²) in [5, 5.41) is 10.4. The summed E-state index contributed by atoms with van der Waals surface area (Å²) < 4.78 is 37.4. The number of rotatable bonds is 2. The topological polar surface area (TPSA) is 33.1 Å². The van der Waals surface area contributed by atoms with Crippen molar-refractivity contribution in [3.8, 4) is 0 Å². The standard InChI is InChI=1S/C14H12F3NO/c1-13(19,12-4-2-3-9-18-12)10-5-7-11(8-6-10)14(15,16)17/h2-9,19H,1H3. The van der Waals surface area contributed by atoms with Crippen LogP contribution in [-0.4, -0.2) is 10.1 Å². The van der Waals surface area contributed by atoms with E-state index in [2.05, 4.69) is 4.98 Å². The monoisotopic (exact) mass is 267 g/mol. The lowest BCUT2D eigenvalue weighted by Gasteiger charge is -2.23. The summed E-state index contributed by atoms with van der Waals surface area (Å²) in [5.74, 6) is 0. The first-order chi connectivity index (χ1) is 8.82. The van der Waals surface area contributed by atoms with E-state index in [1.807, 2.05) is 0 Å². The molecule has 5 heteroatoms. The lowest BCUT2D eigenvalue weighted by Crippen LogP contribution is -2.24. The zero-order valence-electron chi connectivity index (χ0n) is 10.1. The van der Waals surface area contributed by atoms with Gasteiger partial charge in [-0.2, -0.15) is 13.2 Å². The highest BCUT2D eigenvalue weighted by Gasteiger charge is 2.32. The van der Waals surface area contributed by atoms with Crippen LogP contribution in [0.2, 0.25) is 0 Å². The lowest BCUT2D eigenvalue weighted by molar-refractivity contribution is -0.137. The maximum absolute atomic E-state index is 12.5. The highest BCUT2D eigenvalue weighted by molar-refractivity contribution is 5.34. The van der Waals surface area contributed by atoms with Gasteiger partial charge in [-0.1, -0.05) is 18.2 Å². The molecule has 1 unspecified atom stereocenters. The molecular formula is C14H12F3NO. The van der Waals surface area contributed by atoms with Crippen LogP contribution < -0.4 is 0 Å². The van der Waals surface area contributed by atoms with E-state index in [4.69, 9.17) is 0 Å². The molecule has 1 atom stereocenters. The first kappa shape index (κ1) is 13.5. The summed E-state index contributed by atoms with van der Waals surface area (Å²) >= 11 is 0. The molecular weight excluding hydrogens is 255 g/mol. The van der Waals surface area contributed by atoms with Crippen molar-refractivity contribution >= 4 is 0 Å². The van der Waals surface area contributed by atoms with Crippen LogP contribution in [0.15, 0.2) is 48.7 Å². The van der Waals surface area contributed by atoms with Crippen LogP contribution in [0.5, 0.6) is 0 Å². The van der Waals surface area contributed by atoms with E-state index in [0.29, 0.717) is 11.3 Å². The van der Waals surface area contributed by atoms with Gasteiger partial charge in [0.2, 0.25) is 0 Å². The normalized spacial score (nSPS) is 15.0. The predicted molar refractivity (Wildman–Crippen MR) is 64.4 cm³/mol. The number of aromatic nitrogens is 1. The first-order valence-electron chi connectivity index (χ1n) is 5.63. The molecule has 0 saturated carbocycles. The molecule has 0 aliphatic heterocycles. The van der Waals surface area contributed by atoms with Crippen LogP contribution in [-0.2, 0) is 11.8 Å². The Hall–Kier alpha value is -1.88. The fourth-order valence-electron chi connectivity index (χ4n) is 1.78. The highest BCUT2D eigenvalue weighted by Crippen LogP contribution is 2.32. The van der Waals surface area contributed by atoms with Crippen molar-refractivity contribution in [3.05, 3.63) is 65.5 Å². The zero-order chi connectivity index (χ0) is 14.1. The Morgan fingerprint density at radius 1 is 0.947 bits per heavy atom. The molecule has 0 saturated heterocycles. The maximum Gasteiger partial charge on any atom is 0.416 e. The van der Waals surface area contributed by atoms with Gasteiger partial charge in [-0.3, -0.25) is 4.98 Å². The summed E-state index contributed by atoms with van der Waals surface area (Å²) in [6, 6.07) is 9.46. The van der Waals surface area contributed by atoms with Gasteiger partial charge in [-0.15, -0.1) is 0 Å². The quantitative estimate of drug-likeness (QED) is 0.905. The fourth-order valence-corrected chi connectivity index (χ4v) is 1.78. The molecule has 100 valence electrons. The molecule has 0 fully saturated rings. The third kappa shape index (κ3) is 2.76. The Bertz CT molecular complexity index is 547. The molecule has 0 radical (unpaired) electrons. The van der Waals surface area contributed by atoms with Gasteiger partial charge in [0.25, 0.3) is 0 Å². The van der Waals surface area contributed by atoms with Crippen molar-refractivity contribution in [2.45, 2.75) is 18.7 Å². The Kier molecular flexibility index (Phi) is 3.32. The van der Waals surface area contributed by atoms with Crippen molar-refractivity contribution in [3.63, 3.8) is 0 Å². The minimum Gasteiger partial charge on any atom is -0.379 e. The van der Waals surface area contributed by atoms with Crippen LogP contribution in [0.3, 0.4) is 0 Å². The fraction of sp³-hybridized carbons (Fsp3) is 0.214. The molecule has 1 aromatic carbocycles. The van der Waals surface area contributed by atoms with E-state index < -0.39 is 17.3 Å². The molecule has 2 aromatic rings. The first-order valence-corrected chi connectivity index (χ1v) is 5.63. The highest BCUT2D eigenvalue weighted by atomic mass is 19.4.